The van der Waals surface area contributed by atoms with Gasteiger partial charge in [0.25, 0.3) is 0 Å². The summed E-state index contributed by atoms with van der Waals surface area (Å²) < 4.78 is 70.5. The van der Waals surface area contributed by atoms with Crippen LogP contribution in [0.3, 0.4) is 0 Å². The number of hydrogen-bond acceptors (Lipinski definition) is 3. The molecule has 0 heterocycles. The van der Waals surface area contributed by atoms with Gasteiger partial charge in [0.1, 0.15) is 0 Å². The first-order chi connectivity index (χ1) is 5.79. The number of halogens is 4. The lowest BCUT2D eigenvalue weighted by Gasteiger charge is -2.09. The van der Waals surface area contributed by atoms with Gasteiger partial charge in [0.2, 0.25) is 5.44 Å². The fourth-order valence-electron chi connectivity index (χ4n) is 0.500. The van der Waals surface area contributed by atoms with Crippen molar-refractivity contribution in [1.82, 2.24) is 0 Å². The second-order valence-electron chi connectivity index (χ2n) is 1.97. The number of rotatable bonds is 4. The minimum atomic E-state index is -5.17. The molecule has 1 unspecified atom stereocenters. The lowest BCUT2D eigenvalue weighted by molar-refractivity contribution is 0.0913. The van der Waals surface area contributed by atoms with Crippen molar-refractivity contribution < 1.29 is 30.2 Å². The predicted octanol–water partition coefficient (Wildman–Crippen LogP) is 2.07. The van der Waals surface area contributed by atoms with E-state index in [1.54, 1.807) is 0 Å². The first-order valence-corrected chi connectivity index (χ1v) is 4.54. The minimum Gasteiger partial charge on any atom is -0.444 e. The molecular formula is C5H6F4O3S. The maximum atomic E-state index is 12.1. The molecule has 0 radical (unpaired) electrons. The van der Waals surface area contributed by atoms with Crippen molar-refractivity contribution in [2.75, 3.05) is 0 Å². The normalized spacial score (nSPS) is 13.6. The Bertz CT molecular complexity index is 293. The van der Waals surface area contributed by atoms with Crippen molar-refractivity contribution in [2.45, 2.75) is 18.8 Å². The molecule has 0 aliphatic heterocycles. The molecule has 0 aromatic heterocycles. The third-order valence-corrected chi connectivity index (χ3v) is 2.09. The Morgan fingerprint density at radius 1 is 1.38 bits per heavy atom. The molecule has 0 saturated heterocycles. The lowest BCUT2D eigenvalue weighted by atomic mass is 10.5. The fourth-order valence-corrected chi connectivity index (χ4v) is 1.10. The molecule has 0 saturated carbocycles. The van der Waals surface area contributed by atoms with Gasteiger partial charge in [-0.05, 0) is 6.42 Å². The molecule has 78 valence electrons. The topological polar surface area (TPSA) is 43.4 Å². The summed E-state index contributed by atoms with van der Waals surface area (Å²) in [7, 11) is -5.17. The van der Waals surface area contributed by atoms with E-state index in [-0.39, 0.29) is 0 Å². The maximum absolute atomic E-state index is 12.1. The zero-order valence-corrected chi connectivity index (χ0v) is 7.25. The van der Waals surface area contributed by atoms with Crippen LogP contribution in [0.25, 0.3) is 0 Å². The zero-order chi connectivity index (χ0) is 10.6. The van der Waals surface area contributed by atoms with Crippen LogP contribution in [0.4, 0.5) is 17.1 Å². The van der Waals surface area contributed by atoms with Crippen LogP contribution in [0.2, 0.25) is 0 Å². The molecule has 0 aromatic carbocycles. The summed E-state index contributed by atoms with van der Waals surface area (Å²) in [6.07, 6.45) is -3.30. The molecule has 0 fully saturated rings. The van der Waals surface area contributed by atoms with E-state index < -0.39 is 34.2 Å². The van der Waals surface area contributed by atoms with Crippen LogP contribution >= 0.6 is 0 Å². The molecule has 0 N–H and O–H groups in total. The van der Waals surface area contributed by atoms with E-state index in [1.807, 2.05) is 0 Å². The molecule has 0 rings (SSSR count). The van der Waals surface area contributed by atoms with Gasteiger partial charge in [-0.2, -0.15) is 21.6 Å². The quantitative estimate of drug-likeness (QED) is 0.415. The highest BCUT2D eigenvalue weighted by atomic mass is 32.3. The molecule has 0 aliphatic carbocycles. The Morgan fingerprint density at radius 2 is 1.85 bits per heavy atom. The molecular weight excluding hydrogens is 216 g/mol. The first kappa shape index (κ1) is 12.2. The monoisotopic (exact) mass is 222 g/mol. The molecule has 0 aromatic rings. The van der Waals surface area contributed by atoms with E-state index in [0.717, 1.165) is 6.92 Å². The van der Waals surface area contributed by atoms with Gasteiger partial charge in [-0.15, -0.1) is 3.89 Å². The molecule has 1 atom stereocenters. The van der Waals surface area contributed by atoms with Crippen LogP contribution in [0.15, 0.2) is 12.1 Å². The van der Waals surface area contributed by atoms with E-state index in [2.05, 4.69) is 4.74 Å². The van der Waals surface area contributed by atoms with E-state index in [1.165, 1.54) is 0 Å². The maximum Gasteiger partial charge on any atom is 0.342 e. The molecule has 8 heteroatoms. The van der Waals surface area contributed by atoms with Crippen LogP contribution < -0.4 is 0 Å². The van der Waals surface area contributed by atoms with Crippen LogP contribution in [-0.4, -0.2) is 13.9 Å². The minimum absolute atomic E-state index is 0.473. The summed E-state index contributed by atoms with van der Waals surface area (Å²) in [5, 5.41) is 0. The Morgan fingerprint density at radius 3 is 2.08 bits per heavy atom. The predicted molar refractivity (Wildman–Crippen MR) is 35.5 cm³/mol. The van der Waals surface area contributed by atoms with Crippen molar-refractivity contribution in [3.8, 4) is 0 Å². The van der Waals surface area contributed by atoms with Crippen molar-refractivity contribution in [3.05, 3.63) is 12.1 Å². The van der Waals surface area contributed by atoms with Crippen molar-refractivity contribution in [1.29, 1.82) is 0 Å². The van der Waals surface area contributed by atoms with Gasteiger partial charge in [0.15, 0.2) is 0 Å². The summed E-state index contributed by atoms with van der Waals surface area (Å²) in [5.74, 6) is 0. The highest BCUT2D eigenvalue weighted by Crippen LogP contribution is 2.18. The Kier molecular flexibility index (Phi) is 4.18. The largest absolute Gasteiger partial charge is 0.444 e. The standard InChI is InChI=1S/C5H6F4O3S/c1-2-3(13(9,10)11)12-5(8)4(6)7/h3H,2H2,1H3. The third kappa shape index (κ3) is 4.11. The molecule has 0 bridgehead atoms. The summed E-state index contributed by atoms with van der Waals surface area (Å²) in [6, 6.07) is -2.38. The Labute approximate surface area is 72.2 Å². The van der Waals surface area contributed by atoms with Crippen molar-refractivity contribution in [2.24, 2.45) is 0 Å². The molecule has 0 aliphatic rings. The van der Waals surface area contributed by atoms with Crippen molar-refractivity contribution in [3.63, 3.8) is 0 Å². The van der Waals surface area contributed by atoms with E-state index >= 15 is 0 Å². The van der Waals surface area contributed by atoms with Gasteiger partial charge in [-0.3, -0.25) is 0 Å². The zero-order valence-electron chi connectivity index (χ0n) is 6.43. The van der Waals surface area contributed by atoms with Crippen LogP contribution in [0.1, 0.15) is 13.3 Å². The lowest BCUT2D eigenvalue weighted by Crippen LogP contribution is -2.19. The van der Waals surface area contributed by atoms with Gasteiger partial charge >= 0.3 is 22.3 Å². The SMILES string of the molecule is CCC(OC(F)=C(F)F)S(=O)(=O)F. The average molecular weight is 222 g/mol. The molecule has 13 heavy (non-hydrogen) atoms. The van der Waals surface area contributed by atoms with E-state index in [4.69, 9.17) is 0 Å². The third-order valence-electron chi connectivity index (χ3n) is 1.03. The van der Waals surface area contributed by atoms with Crippen LogP contribution in [0.5, 0.6) is 0 Å². The summed E-state index contributed by atoms with van der Waals surface area (Å²) >= 11 is 0. The summed E-state index contributed by atoms with van der Waals surface area (Å²) in [6.45, 7) is 1.14. The average Bonchev–Trinajstić information content (AvgIpc) is 1.96. The van der Waals surface area contributed by atoms with E-state index in [0.29, 0.717) is 0 Å². The highest BCUT2D eigenvalue weighted by molar-refractivity contribution is 7.86. The highest BCUT2D eigenvalue weighted by Gasteiger charge is 2.27. The summed E-state index contributed by atoms with van der Waals surface area (Å²) in [4.78, 5) is 0. The second-order valence-corrected chi connectivity index (χ2v) is 3.44. The molecule has 3 nitrogen and oxygen atoms in total. The number of ether oxygens (including phenoxy) is 1. The Balaban J connectivity index is 4.60. The number of hydrogen-bond donors (Lipinski definition) is 0. The first-order valence-electron chi connectivity index (χ1n) is 3.10. The second kappa shape index (κ2) is 4.45. The van der Waals surface area contributed by atoms with Crippen LogP contribution in [0, 0.1) is 0 Å². The van der Waals surface area contributed by atoms with Gasteiger partial charge < -0.3 is 4.74 Å². The van der Waals surface area contributed by atoms with E-state index in [9.17, 15) is 25.5 Å². The smallest absolute Gasteiger partial charge is 0.342 e. The molecule has 0 amide bonds. The van der Waals surface area contributed by atoms with Gasteiger partial charge in [-0.25, -0.2) is 0 Å². The fraction of sp³-hybridized carbons (Fsp3) is 0.600. The van der Waals surface area contributed by atoms with Crippen LogP contribution in [-0.2, 0) is 15.0 Å². The molecule has 0 spiro atoms. The van der Waals surface area contributed by atoms with Gasteiger partial charge in [0, 0.05) is 0 Å². The van der Waals surface area contributed by atoms with Gasteiger partial charge in [-0.1, -0.05) is 6.92 Å². The Hall–Kier alpha value is -0.790. The van der Waals surface area contributed by atoms with Crippen molar-refractivity contribution >= 4 is 10.2 Å². The van der Waals surface area contributed by atoms with Gasteiger partial charge in [0.05, 0.1) is 0 Å². The summed E-state index contributed by atoms with van der Waals surface area (Å²) in [5.41, 5.74) is -2.23.